The summed E-state index contributed by atoms with van der Waals surface area (Å²) in [7, 11) is 1.91. The summed E-state index contributed by atoms with van der Waals surface area (Å²) < 4.78 is 0. The van der Waals surface area contributed by atoms with Crippen LogP contribution in [0.2, 0.25) is 0 Å². The van der Waals surface area contributed by atoms with Gasteiger partial charge in [-0.3, -0.25) is 9.69 Å². The van der Waals surface area contributed by atoms with E-state index in [1.807, 2.05) is 43.1 Å². The SMILES string of the molecule is CCNC(=O)CN(C)Cc1ccc(C#CCO)cc1. The van der Waals surface area contributed by atoms with E-state index in [0.717, 1.165) is 11.1 Å². The van der Waals surface area contributed by atoms with E-state index in [0.29, 0.717) is 19.6 Å². The Bertz CT molecular complexity index is 457. The molecule has 0 unspecified atom stereocenters. The van der Waals surface area contributed by atoms with Crippen molar-refractivity contribution in [3.8, 4) is 11.8 Å². The van der Waals surface area contributed by atoms with Crippen LogP contribution >= 0.6 is 0 Å². The summed E-state index contributed by atoms with van der Waals surface area (Å²) >= 11 is 0. The zero-order chi connectivity index (χ0) is 14.1. The normalized spacial score (nSPS) is 9.89. The zero-order valence-electron chi connectivity index (χ0n) is 11.4. The molecule has 0 saturated heterocycles. The highest BCUT2D eigenvalue weighted by atomic mass is 16.2. The molecule has 4 nitrogen and oxygen atoms in total. The monoisotopic (exact) mass is 260 g/mol. The first-order valence-corrected chi connectivity index (χ1v) is 6.29. The minimum absolute atomic E-state index is 0.0374. The van der Waals surface area contributed by atoms with Gasteiger partial charge in [0.15, 0.2) is 0 Å². The van der Waals surface area contributed by atoms with Gasteiger partial charge in [-0.2, -0.15) is 0 Å². The van der Waals surface area contributed by atoms with E-state index >= 15 is 0 Å². The largest absolute Gasteiger partial charge is 0.384 e. The lowest BCUT2D eigenvalue weighted by atomic mass is 10.1. The topological polar surface area (TPSA) is 52.6 Å². The van der Waals surface area contributed by atoms with E-state index in [9.17, 15) is 4.79 Å². The third-order valence-electron chi connectivity index (χ3n) is 2.51. The van der Waals surface area contributed by atoms with Crippen LogP contribution in [-0.2, 0) is 11.3 Å². The summed E-state index contributed by atoms with van der Waals surface area (Å²) in [6, 6.07) is 7.79. The fourth-order valence-electron chi connectivity index (χ4n) is 1.70. The number of hydrogen-bond acceptors (Lipinski definition) is 3. The molecule has 2 N–H and O–H groups in total. The van der Waals surface area contributed by atoms with Crippen molar-refractivity contribution in [1.82, 2.24) is 10.2 Å². The summed E-state index contributed by atoms with van der Waals surface area (Å²) in [5.41, 5.74) is 2.01. The summed E-state index contributed by atoms with van der Waals surface area (Å²) in [5, 5.41) is 11.4. The molecule has 0 aliphatic heterocycles. The standard InChI is InChI=1S/C15H20N2O2/c1-3-16-15(19)12-17(2)11-14-8-6-13(7-9-14)5-4-10-18/h6-9,18H,3,10-12H2,1-2H3,(H,16,19). The number of hydrogen-bond donors (Lipinski definition) is 2. The average Bonchev–Trinajstić information content (AvgIpc) is 2.38. The molecule has 1 aromatic carbocycles. The predicted octanol–water partition coefficient (Wildman–Crippen LogP) is 0.598. The summed E-state index contributed by atoms with van der Waals surface area (Å²) in [6.45, 7) is 3.54. The van der Waals surface area contributed by atoms with Gasteiger partial charge < -0.3 is 10.4 Å². The lowest BCUT2D eigenvalue weighted by Crippen LogP contribution is -2.34. The molecule has 0 atom stereocenters. The number of aliphatic hydroxyl groups excluding tert-OH is 1. The molecule has 0 aliphatic carbocycles. The molecule has 0 spiro atoms. The molecular weight excluding hydrogens is 240 g/mol. The fourth-order valence-corrected chi connectivity index (χ4v) is 1.70. The molecule has 1 amide bonds. The Kier molecular flexibility index (Phi) is 6.65. The second-order valence-corrected chi connectivity index (χ2v) is 4.28. The summed E-state index contributed by atoms with van der Waals surface area (Å²) in [5.74, 6) is 5.49. The number of likely N-dealkylation sites (N-methyl/N-ethyl adjacent to an activating group) is 2. The highest BCUT2D eigenvalue weighted by Gasteiger charge is 2.05. The van der Waals surface area contributed by atoms with Crippen LogP contribution in [0.3, 0.4) is 0 Å². The van der Waals surface area contributed by atoms with Crippen LogP contribution in [0.25, 0.3) is 0 Å². The van der Waals surface area contributed by atoms with Crippen LogP contribution in [0.4, 0.5) is 0 Å². The minimum atomic E-state index is -0.128. The molecular formula is C15H20N2O2. The minimum Gasteiger partial charge on any atom is -0.384 e. The molecule has 0 radical (unpaired) electrons. The molecule has 4 heteroatoms. The highest BCUT2D eigenvalue weighted by molar-refractivity contribution is 5.77. The van der Waals surface area contributed by atoms with Crippen LogP contribution in [0.15, 0.2) is 24.3 Å². The van der Waals surface area contributed by atoms with Gasteiger partial charge in [-0.15, -0.1) is 0 Å². The van der Waals surface area contributed by atoms with Crippen molar-refractivity contribution >= 4 is 5.91 Å². The number of rotatable bonds is 5. The number of aliphatic hydroxyl groups is 1. The van der Waals surface area contributed by atoms with Crippen LogP contribution in [0.5, 0.6) is 0 Å². The van der Waals surface area contributed by atoms with E-state index in [4.69, 9.17) is 5.11 Å². The van der Waals surface area contributed by atoms with Gasteiger partial charge in [-0.05, 0) is 31.7 Å². The second-order valence-electron chi connectivity index (χ2n) is 4.28. The van der Waals surface area contributed by atoms with Gasteiger partial charge in [0.05, 0.1) is 6.54 Å². The van der Waals surface area contributed by atoms with Crippen molar-refractivity contribution < 1.29 is 9.90 Å². The smallest absolute Gasteiger partial charge is 0.234 e. The van der Waals surface area contributed by atoms with Gasteiger partial charge in [-0.1, -0.05) is 24.0 Å². The first-order chi connectivity index (χ1) is 9.15. The molecule has 0 saturated carbocycles. The molecule has 19 heavy (non-hydrogen) atoms. The van der Waals surface area contributed by atoms with E-state index in [-0.39, 0.29) is 12.5 Å². The van der Waals surface area contributed by atoms with Gasteiger partial charge >= 0.3 is 0 Å². The number of carbonyl (C=O) groups excluding carboxylic acids is 1. The van der Waals surface area contributed by atoms with E-state index in [1.165, 1.54) is 0 Å². The third kappa shape index (κ3) is 6.05. The molecule has 0 heterocycles. The van der Waals surface area contributed by atoms with Crippen molar-refractivity contribution in [3.63, 3.8) is 0 Å². The first kappa shape index (κ1) is 15.2. The van der Waals surface area contributed by atoms with Gasteiger partial charge in [0, 0.05) is 18.7 Å². The number of carbonyl (C=O) groups is 1. The fraction of sp³-hybridized carbons (Fsp3) is 0.400. The van der Waals surface area contributed by atoms with Crippen molar-refractivity contribution in [2.24, 2.45) is 0 Å². The Hall–Kier alpha value is -1.83. The zero-order valence-corrected chi connectivity index (χ0v) is 11.4. The number of amides is 1. The van der Waals surface area contributed by atoms with Crippen molar-refractivity contribution in [2.75, 3.05) is 26.7 Å². The highest BCUT2D eigenvalue weighted by Crippen LogP contribution is 2.05. The maximum atomic E-state index is 11.4. The van der Waals surface area contributed by atoms with E-state index < -0.39 is 0 Å². The lowest BCUT2D eigenvalue weighted by Gasteiger charge is -2.16. The predicted molar refractivity (Wildman–Crippen MR) is 75.4 cm³/mol. The molecule has 102 valence electrons. The maximum Gasteiger partial charge on any atom is 0.234 e. The Morgan fingerprint density at radius 2 is 2.05 bits per heavy atom. The van der Waals surface area contributed by atoms with E-state index in [2.05, 4.69) is 17.2 Å². The molecule has 0 fully saturated rings. The molecule has 0 aliphatic rings. The van der Waals surface area contributed by atoms with Crippen LogP contribution in [-0.4, -0.2) is 42.7 Å². The van der Waals surface area contributed by atoms with Gasteiger partial charge in [0.1, 0.15) is 6.61 Å². The van der Waals surface area contributed by atoms with Crippen molar-refractivity contribution in [2.45, 2.75) is 13.5 Å². The Morgan fingerprint density at radius 3 is 2.63 bits per heavy atom. The number of nitrogens with zero attached hydrogens (tertiary/aromatic N) is 1. The first-order valence-electron chi connectivity index (χ1n) is 6.29. The molecule has 0 aromatic heterocycles. The van der Waals surface area contributed by atoms with Gasteiger partial charge in [-0.25, -0.2) is 0 Å². The third-order valence-corrected chi connectivity index (χ3v) is 2.51. The lowest BCUT2D eigenvalue weighted by molar-refractivity contribution is -0.121. The summed E-state index contributed by atoms with van der Waals surface area (Å²) in [4.78, 5) is 13.4. The molecule has 1 aromatic rings. The second kappa shape index (κ2) is 8.30. The van der Waals surface area contributed by atoms with Crippen molar-refractivity contribution in [3.05, 3.63) is 35.4 Å². The van der Waals surface area contributed by atoms with Gasteiger partial charge in [0.25, 0.3) is 0 Å². The maximum absolute atomic E-state index is 11.4. The average molecular weight is 260 g/mol. The number of nitrogens with one attached hydrogen (secondary N) is 1. The quantitative estimate of drug-likeness (QED) is 0.762. The van der Waals surface area contributed by atoms with Gasteiger partial charge in [0.2, 0.25) is 5.91 Å². The Balaban J connectivity index is 2.50. The Morgan fingerprint density at radius 1 is 1.37 bits per heavy atom. The molecule has 0 bridgehead atoms. The van der Waals surface area contributed by atoms with Crippen LogP contribution < -0.4 is 5.32 Å². The summed E-state index contributed by atoms with van der Waals surface area (Å²) in [6.07, 6.45) is 0. The Labute approximate surface area is 114 Å². The number of benzene rings is 1. The van der Waals surface area contributed by atoms with E-state index in [1.54, 1.807) is 0 Å². The van der Waals surface area contributed by atoms with Crippen LogP contribution in [0.1, 0.15) is 18.1 Å². The van der Waals surface area contributed by atoms with Crippen molar-refractivity contribution in [1.29, 1.82) is 0 Å². The molecule has 1 rings (SSSR count). The van der Waals surface area contributed by atoms with Crippen LogP contribution in [0, 0.1) is 11.8 Å².